The van der Waals surface area contributed by atoms with Crippen molar-refractivity contribution in [2.24, 2.45) is 0 Å². The number of carbonyl (C=O) groups is 2. The second-order valence-corrected chi connectivity index (χ2v) is 5.58. The third-order valence-electron chi connectivity index (χ3n) is 3.65. The fraction of sp³-hybridized carbons (Fsp3) is 0.200. The first-order valence-corrected chi connectivity index (χ1v) is 8.15. The third-order valence-corrected chi connectivity index (χ3v) is 3.65. The zero-order chi connectivity index (χ0) is 20.7. The molecule has 0 aliphatic carbocycles. The second kappa shape index (κ2) is 9.50. The lowest BCUT2D eigenvalue weighted by atomic mass is 10.1. The van der Waals surface area contributed by atoms with Crippen LogP contribution in [0, 0.1) is 0 Å². The average Bonchev–Trinajstić information content (AvgIpc) is 2.66. The maximum Gasteiger partial charge on any atom is 0.387 e. The van der Waals surface area contributed by atoms with Crippen molar-refractivity contribution >= 4 is 17.8 Å². The Morgan fingerprint density at radius 3 is 2.32 bits per heavy atom. The lowest BCUT2D eigenvalue weighted by Gasteiger charge is -2.12. The molecule has 0 heterocycles. The number of allylic oxidation sites excluding steroid dienone is 1. The van der Waals surface area contributed by atoms with Crippen LogP contribution in [0.3, 0.4) is 0 Å². The highest BCUT2D eigenvalue weighted by Gasteiger charge is 2.15. The van der Waals surface area contributed by atoms with Crippen molar-refractivity contribution in [1.82, 2.24) is 0 Å². The highest BCUT2D eigenvalue weighted by atomic mass is 19.3. The molecule has 2 rings (SSSR count). The summed E-state index contributed by atoms with van der Waals surface area (Å²) in [6, 6.07) is 10.4. The van der Waals surface area contributed by atoms with Crippen molar-refractivity contribution in [2.75, 3.05) is 7.11 Å². The minimum Gasteiger partial charge on any atom is -0.493 e. The van der Waals surface area contributed by atoms with E-state index in [0.717, 1.165) is 0 Å². The molecule has 0 saturated heterocycles. The lowest BCUT2D eigenvalue weighted by Crippen LogP contribution is -2.22. The van der Waals surface area contributed by atoms with E-state index in [0.29, 0.717) is 11.3 Å². The van der Waals surface area contributed by atoms with Gasteiger partial charge >= 0.3 is 12.6 Å². The molecule has 0 radical (unpaired) electrons. The van der Waals surface area contributed by atoms with E-state index in [4.69, 9.17) is 14.6 Å². The Morgan fingerprint density at radius 2 is 1.75 bits per heavy atom. The van der Waals surface area contributed by atoms with E-state index in [1.54, 1.807) is 6.07 Å². The molecule has 0 aliphatic rings. The quantitative estimate of drug-likeness (QED) is 0.512. The number of alkyl halides is 2. The number of benzene rings is 2. The molecule has 0 aromatic heterocycles. The van der Waals surface area contributed by atoms with Crippen LogP contribution < -0.4 is 14.2 Å². The molecule has 0 bridgehead atoms. The predicted molar refractivity (Wildman–Crippen MR) is 97.2 cm³/mol. The van der Waals surface area contributed by atoms with Crippen LogP contribution in [0.25, 0.3) is 6.08 Å². The minimum absolute atomic E-state index is 0.115. The molecule has 28 heavy (non-hydrogen) atoms. The number of hydrogen-bond donors (Lipinski definition) is 1. The summed E-state index contributed by atoms with van der Waals surface area (Å²) in [5.41, 5.74) is 0.564. The van der Waals surface area contributed by atoms with E-state index in [-0.39, 0.29) is 22.8 Å². The molecule has 1 unspecified atom stereocenters. The Hall–Kier alpha value is -3.42. The molecule has 0 saturated carbocycles. The van der Waals surface area contributed by atoms with E-state index < -0.39 is 18.7 Å². The summed E-state index contributed by atoms with van der Waals surface area (Å²) in [5.74, 6) is -1.25. The van der Waals surface area contributed by atoms with Crippen LogP contribution in [0.5, 0.6) is 17.2 Å². The van der Waals surface area contributed by atoms with Gasteiger partial charge in [-0.1, -0.05) is 12.1 Å². The van der Waals surface area contributed by atoms with Gasteiger partial charge in [-0.25, -0.2) is 4.79 Å². The van der Waals surface area contributed by atoms with Crippen LogP contribution in [0.1, 0.15) is 22.8 Å². The van der Waals surface area contributed by atoms with Crippen molar-refractivity contribution in [3.05, 3.63) is 59.7 Å². The zero-order valence-electron chi connectivity index (χ0n) is 15.1. The first kappa shape index (κ1) is 20.9. The van der Waals surface area contributed by atoms with E-state index in [9.17, 15) is 18.4 Å². The van der Waals surface area contributed by atoms with Gasteiger partial charge in [0, 0.05) is 11.1 Å². The Bertz CT molecular complexity index is 861. The number of hydrogen-bond acceptors (Lipinski definition) is 5. The molecule has 0 spiro atoms. The summed E-state index contributed by atoms with van der Waals surface area (Å²) in [6.45, 7) is -1.66. The van der Waals surface area contributed by atoms with Crippen LogP contribution in [-0.4, -0.2) is 36.7 Å². The lowest BCUT2D eigenvalue weighted by molar-refractivity contribution is -0.144. The number of ketones is 1. The number of aliphatic carboxylic acids is 1. The van der Waals surface area contributed by atoms with Gasteiger partial charge in [-0.3, -0.25) is 4.79 Å². The number of carbonyl (C=O) groups excluding carboxylic acids is 1. The van der Waals surface area contributed by atoms with Crippen LogP contribution >= 0.6 is 0 Å². The average molecular weight is 392 g/mol. The Labute approximate surface area is 160 Å². The van der Waals surface area contributed by atoms with Crippen LogP contribution in [0.2, 0.25) is 0 Å². The van der Waals surface area contributed by atoms with Crippen LogP contribution in [0.15, 0.2) is 48.5 Å². The molecule has 0 fully saturated rings. The van der Waals surface area contributed by atoms with Crippen molar-refractivity contribution in [3.8, 4) is 17.2 Å². The molecular weight excluding hydrogens is 374 g/mol. The molecule has 1 N–H and O–H groups in total. The van der Waals surface area contributed by atoms with E-state index in [1.807, 2.05) is 0 Å². The second-order valence-electron chi connectivity index (χ2n) is 5.58. The normalized spacial score (nSPS) is 12.0. The number of halogens is 2. The number of carboxylic acids is 1. The fourth-order valence-corrected chi connectivity index (χ4v) is 2.25. The molecule has 2 aromatic rings. The topological polar surface area (TPSA) is 82.1 Å². The van der Waals surface area contributed by atoms with Crippen molar-refractivity contribution in [3.63, 3.8) is 0 Å². The SMILES string of the molecule is COc1cccc(/C=C/C(=O)c2ccc(OC(C)C(=O)O)cc2)c1OC(F)F. The van der Waals surface area contributed by atoms with Gasteiger partial charge in [-0.2, -0.15) is 8.78 Å². The Balaban J connectivity index is 2.16. The standard InChI is InChI=1S/C20H18F2O6/c1-12(19(24)25)27-15-9-6-13(7-10-15)16(23)11-8-14-4-3-5-17(26-2)18(14)28-20(21)22/h3-12,20H,1-2H3,(H,24,25)/b11-8+. The van der Waals surface area contributed by atoms with Gasteiger partial charge in [0.05, 0.1) is 7.11 Å². The minimum atomic E-state index is -3.04. The highest BCUT2D eigenvalue weighted by molar-refractivity contribution is 6.07. The number of ether oxygens (including phenoxy) is 3. The summed E-state index contributed by atoms with van der Waals surface area (Å²) in [7, 11) is 1.32. The van der Waals surface area contributed by atoms with Gasteiger partial charge in [0.25, 0.3) is 0 Å². The summed E-state index contributed by atoms with van der Waals surface area (Å²) >= 11 is 0. The van der Waals surface area contributed by atoms with Gasteiger partial charge in [0.15, 0.2) is 23.4 Å². The molecular formula is C20H18F2O6. The van der Waals surface area contributed by atoms with Gasteiger partial charge in [0.1, 0.15) is 5.75 Å². The maximum absolute atomic E-state index is 12.6. The molecule has 2 aromatic carbocycles. The van der Waals surface area contributed by atoms with Gasteiger partial charge < -0.3 is 19.3 Å². The fourth-order valence-electron chi connectivity index (χ4n) is 2.25. The van der Waals surface area contributed by atoms with Crippen LogP contribution in [0.4, 0.5) is 8.78 Å². The van der Waals surface area contributed by atoms with Gasteiger partial charge in [-0.15, -0.1) is 0 Å². The van der Waals surface area contributed by atoms with Crippen molar-refractivity contribution in [2.45, 2.75) is 19.6 Å². The van der Waals surface area contributed by atoms with E-state index in [1.165, 1.54) is 62.6 Å². The molecule has 1 atom stereocenters. The highest BCUT2D eigenvalue weighted by Crippen LogP contribution is 2.33. The van der Waals surface area contributed by atoms with E-state index in [2.05, 4.69) is 4.74 Å². The Kier molecular flexibility index (Phi) is 7.08. The number of methoxy groups -OCH3 is 1. The molecule has 8 heteroatoms. The molecule has 6 nitrogen and oxygen atoms in total. The summed E-state index contributed by atoms with van der Waals surface area (Å²) in [6.07, 6.45) is 1.53. The number of rotatable bonds is 9. The maximum atomic E-state index is 12.6. The molecule has 0 aliphatic heterocycles. The van der Waals surface area contributed by atoms with Gasteiger partial charge in [-0.05, 0) is 49.4 Å². The van der Waals surface area contributed by atoms with Gasteiger partial charge in [0.2, 0.25) is 0 Å². The first-order chi connectivity index (χ1) is 13.3. The van der Waals surface area contributed by atoms with E-state index >= 15 is 0 Å². The zero-order valence-corrected chi connectivity index (χ0v) is 15.1. The summed E-state index contributed by atoms with van der Waals surface area (Å²) < 4.78 is 40.0. The van der Waals surface area contributed by atoms with Crippen LogP contribution in [-0.2, 0) is 4.79 Å². The summed E-state index contributed by atoms with van der Waals surface area (Å²) in [4.78, 5) is 23.1. The number of carboxylic acid groups (broad SMARTS) is 1. The Morgan fingerprint density at radius 1 is 1.07 bits per heavy atom. The summed E-state index contributed by atoms with van der Waals surface area (Å²) in [5, 5.41) is 8.82. The largest absolute Gasteiger partial charge is 0.493 e. The van der Waals surface area contributed by atoms with Crippen molar-refractivity contribution < 1.29 is 37.7 Å². The molecule has 148 valence electrons. The first-order valence-electron chi connectivity index (χ1n) is 8.15. The monoisotopic (exact) mass is 392 g/mol. The number of para-hydroxylation sites is 1. The molecule has 0 amide bonds. The predicted octanol–water partition coefficient (Wildman–Crippen LogP) is 4.04. The smallest absolute Gasteiger partial charge is 0.387 e. The third kappa shape index (κ3) is 5.54. The van der Waals surface area contributed by atoms with Crippen molar-refractivity contribution in [1.29, 1.82) is 0 Å².